The number of hydrogen-bond acceptors (Lipinski definition) is 2. The van der Waals surface area contributed by atoms with Gasteiger partial charge in [0.15, 0.2) is 0 Å². The van der Waals surface area contributed by atoms with Crippen molar-refractivity contribution in [1.29, 1.82) is 0 Å². The van der Waals surface area contributed by atoms with E-state index in [4.69, 9.17) is 0 Å². The van der Waals surface area contributed by atoms with E-state index < -0.39 is 0 Å². The second kappa shape index (κ2) is 6.59. The fourth-order valence-corrected chi connectivity index (χ4v) is 1.63. The van der Waals surface area contributed by atoms with Crippen molar-refractivity contribution in [1.82, 2.24) is 10.3 Å². The van der Waals surface area contributed by atoms with Gasteiger partial charge in [-0.1, -0.05) is 20.8 Å². The molecule has 1 unspecified atom stereocenters. The van der Waals surface area contributed by atoms with Crippen LogP contribution in [0, 0.1) is 11.7 Å². The van der Waals surface area contributed by atoms with Crippen LogP contribution in [0.15, 0.2) is 18.3 Å². The van der Waals surface area contributed by atoms with Crippen LogP contribution in [0.2, 0.25) is 0 Å². The number of nitrogens with zero attached hydrogens (tertiary/aromatic N) is 1. The van der Waals surface area contributed by atoms with Crippen molar-refractivity contribution in [3.05, 3.63) is 29.8 Å². The van der Waals surface area contributed by atoms with Gasteiger partial charge in [-0.05, 0) is 31.0 Å². The highest BCUT2D eigenvalue weighted by atomic mass is 19.1. The summed E-state index contributed by atoms with van der Waals surface area (Å²) in [4.78, 5) is 4.13. The lowest BCUT2D eigenvalue weighted by molar-refractivity contribution is 0.503. The standard InChI is InChI=1S/C13H21FN2/c1-4-11(8-15-7-10(2)3)13-6-5-12(14)9-16-13/h5-6,9-11,15H,4,7-8H2,1-3H3. The van der Waals surface area contributed by atoms with Gasteiger partial charge >= 0.3 is 0 Å². The molecule has 0 fully saturated rings. The van der Waals surface area contributed by atoms with E-state index in [2.05, 4.69) is 31.1 Å². The molecule has 1 heterocycles. The number of halogens is 1. The van der Waals surface area contributed by atoms with Crippen LogP contribution in [-0.4, -0.2) is 18.1 Å². The number of rotatable bonds is 6. The fourth-order valence-electron chi connectivity index (χ4n) is 1.63. The van der Waals surface area contributed by atoms with Gasteiger partial charge in [0.1, 0.15) is 5.82 Å². The molecule has 1 aromatic heterocycles. The molecule has 1 aromatic rings. The second-order valence-electron chi connectivity index (χ2n) is 4.56. The van der Waals surface area contributed by atoms with Gasteiger partial charge in [-0.2, -0.15) is 0 Å². The SMILES string of the molecule is CCC(CNCC(C)C)c1ccc(F)cn1. The lowest BCUT2D eigenvalue weighted by atomic mass is 10.0. The minimum absolute atomic E-state index is 0.270. The molecule has 90 valence electrons. The van der Waals surface area contributed by atoms with E-state index in [9.17, 15) is 4.39 Å². The molecule has 16 heavy (non-hydrogen) atoms. The van der Waals surface area contributed by atoms with E-state index in [1.54, 1.807) is 6.07 Å². The van der Waals surface area contributed by atoms with Gasteiger partial charge in [-0.15, -0.1) is 0 Å². The van der Waals surface area contributed by atoms with Gasteiger partial charge in [-0.3, -0.25) is 4.98 Å². The lowest BCUT2D eigenvalue weighted by Gasteiger charge is -2.16. The molecular weight excluding hydrogens is 203 g/mol. The second-order valence-corrected chi connectivity index (χ2v) is 4.56. The van der Waals surface area contributed by atoms with Crippen molar-refractivity contribution in [2.45, 2.75) is 33.1 Å². The summed E-state index contributed by atoms with van der Waals surface area (Å²) < 4.78 is 12.7. The zero-order valence-corrected chi connectivity index (χ0v) is 10.3. The van der Waals surface area contributed by atoms with Crippen LogP contribution in [0.25, 0.3) is 0 Å². The van der Waals surface area contributed by atoms with Gasteiger partial charge in [0.05, 0.1) is 6.20 Å². The van der Waals surface area contributed by atoms with Crippen LogP contribution in [0.5, 0.6) is 0 Å². The maximum absolute atomic E-state index is 12.7. The van der Waals surface area contributed by atoms with Crippen molar-refractivity contribution in [3.8, 4) is 0 Å². The summed E-state index contributed by atoms with van der Waals surface area (Å²) in [6.45, 7) is 8.42. The maximum Gasteiger partial charge on any atom is 0.141 e. The lowest BCUT2D eigenvalue weighted by Crippen LogP contribution is -2.25. The van der Waals surface area contributed by atoms with Gasteiger partial charge < -0.3 is 5.32 Å². The summed E-state index contributed by atoms with van der Waals surface area (Å²) >= 11 is 0. The highest BCUT2D eigenvalue weighted by Gasteiger charge is 2.10. The molecule has 0 bridgehead atoms. The molecule has 2 nitrogen and oxygen atoms in total. The Morgan fingerprint density at radius 1 is 1.31 bits per heavy atom. The third kappa shape index (κ3) is 4.27. The molecule has 0 spiro atoms. The van der Waals surface area contributed by atoms with Crippen LogP contribution >= 0.6 is 0 Å². The molecule has 0 aliphatic heterocycles. The van der Waals surface area contributed by atoms with Gasteiger partial charge in [0, 0.05) is 18.2 Å². The summed E-state index contributed by atoms with van der Waals surface area (Å²) in [6, 6.07) is 3.26. The Morgan fingerprint density at radius 3 is 2.56 bits per heavy atom. The fraction of sp³-hybridized carbons (Fsp3) is 0.615. The van der Waals surface area contributed by atoms with Crippen molar-refractivity contribution in [3.63, 3.8) is 0 Å². The van der Waals surface area contributed by atoms with Gasteiger partial charge in [0.2, 0.25) is 0 Å². The van der Waals surface area contributed by atoms with Crippen molar-refractivity contribution < 1.29 is 4.39 Å². The van der Waals surface area contributed by atoms with E-state index in [-0.39, 0.29) is 5.82 Å². The topological polar surface area (TPSA) is 24.9 Å². The summed E-state index contributed by atoms with van der Waals surface area (Å²) in [5, 5.41) is 3.42. The Balaban J connectivity index is 2.50. The Labute approximate surface area is 97.3 Å². The molecule has 0 radical (unpaired) electrons. The average molecular weight is 224 g/mol. The molecule has 0 aromatic carbocycles. The first-order valence-corrected chi connectivity index (χ1v) is 5.95. The molecule has 0 amide bonds. The molecule has 0 saturated carbocycles. The number of hydrogen-bond donors (Lipinski definition) is 1. The Bertz CT molecular complexity index is 295. The quantitative estimate of drug-likeness (QED) is 0.803. The first-order valence-electron chi connectivity index (χ1n) is 5.95. The predicted octanol–water partition coefficient (Wildman–Crippen LogP) is 2.96. The zero-order chi connectivity index (χ0) is 12.0. The number of nitrogens with one attached hydrogen (secondary N) is 1. The van der Waals surface area contributed by atoms with Crippen LogP contribution < -0.4 is 5.32 Å². The molecular formula is C13H21FN2. The summed E-state index contributed by atoms with van der Waals surface area (Å²) in [6.07, 6.45) is 2.31. The zero-order valence-electron chi connectivity index (χ0n) is 10.3. The van der Waals surface area contributed by atoms with E-state index in [0.29, 0.717) is 11.8 Å². The van der Waals surface area contributed by atoms with E-state index >= 15 is 0 Å². The normalized spacial score (nSPS) is 13.1. The minimum atomic E-state index is -0.270. The Morgan fingerprint density at radius 2 is 2.06 bits per heavy atom. The molecule has 0 aliphatic rings. The summed E-state index contributed by atoms with van der Waals surface area (Å²) in [7, 11) is 0. The predicted molar refractivity (Wildman–Crippen MR) is 64.9 cm³/mol. The largest absolute Gasteiger partial charge is 0.316 e. The highest BCUT2D eigenvalue weighted by molar-refractivity contribution is 5.10. The molecule has 0 saturated heterocycles. The van der Waals surface area contributed by atoms with Crippen LogP contribution in [0.3, 0.4) is 0 Å². The average Bonchev–Trinajstić information content (AvgIpc) is 2.26. The van der Waals surface area contributed by atoms with E-state index in [0.717, 1.165) is 25.2 Å². The molecule has 1 atom stereocenters. The third-order valence-corrected chi connectivity index (χ3v) is 2.60. The smallest absolute Gasteiger partial charge is 0.141 e. The Hall–Kier alpha value is -0.960. The number of pyridine rings is 1. The summed E-state index contributed by atoms with van der Waals surface area (Å²) in [5.41, 5.74) is 0.972. The minimum Gasteiger partial charge on any atom is -0.316 e. The Kier molecular flexibility index (Phi) is 5.39. The molecule has 3 heteroatoms. The van der Waals surface area contributed by atoms with Crippen LogP contribution in [-0.2, 0) is 0 Å². The number of aromatic nitrogens is 1. The highest BCUT2D eigenvalue weighted by Crippen LogP contribution is 2.16. The summed E-state index contributed by atoms with van der Waals surface area (Å²) in [5.74, 6) is 0.756. The van der Waals surface area contributed by atoms with Gasteiger partial charge in [-0.25, -0.2) is 4.39 Å². The van der Waals surface area contributed by atoms with Crippen molar-refractivity contribution in [2.24, 2.45) is 5.92 Å². The maximum atomic E-state index is 12.7. The monoisotopic (exact) mass is 224 g/mol. The third-order valence-electron chi connectivity index (χ3n) is 2.60. The first kappa shape index (κ1) is 13.1. The van der Waals surface area contributed by atoms with Crippen molar-refractivity contribution >= 4 is 0 Å². The molecule has 1 rings (SSSR count). The molecule has 0 aliphatic carbocycles. The van der Waals surface area contributed by atoms with Crippen molar-refractivity contribution in [2.75, 3.05) is 13.1 Å². The molecule has 1 N–H and O–H groups in total. The van der Waals surface area contributed by atoms with Crippen LogP contribution in [0.1, 0.15) is 38.8 Å². The first-order chi connectivity index (χ1) is 7.63. The van der Waals surface area contributed by atoms with E-state index in [1.807, 2.05) is 0 Å². The van der Waals surface area contributed by atoms with Gasteiger partial charge in [0.25, 0.3) is 0 Å². The van der Waals surface area contributed by atoms with E-state index in [1.165, 1.54) is 12.3 Å². The van der Waals surface area contributed by atoms with Crippen LogP contribution in [0.4, 0.5) is 4.39 Å².